The molecule has 0 unspecified atom stereocenters. The maximum Gasteiger partial charge on any atom is 0.298 e. The zero-order valence-electron chi connectivity index (χ0n) is 15.6. The van der Waals surface area contributed by atoms with Gasteiger partial charge in [-0.05, 0) is 65.4 Å². The molecule has 7 heteroatoms. The minimum absolute atomic E-state index is 0.0129. The van der Waals surface area contributed by atoms with E-state index in [9.17, 15) is 14.7 Å². The highest BCUT2D eigenvalue weighted by atomic mass is 35.5. The molecule has 5 nitrogen and oxygen atoms in total. The number of hydrogen-bond acceptors (Lipinski definition) is 5. The van der Waals surface area contributed by atoms with Crippen LogP contribution in [0.2, 0.25) is 5.02 Å². The van der Waals surface area contributed by atoms with Gasteiger partial charge in [0.25, 0.3) is 11.1 Å². The first kappa shape index (κ1) is 20.1. The van der Waals surface area contributed by atoms with Crippen molar-refractivity contribution in [1.29, 1.82) is 0 Å². The number of imide groups is 1. The Labute approximate surface area is 182 Å². The average molecular weight is 438 g/mol. The summed E-state index contributed by atoms with van der Waals surface area (Å²) in [6.07, 6.45) is 1.66. The van der Waals surface area contributed by atoms with Crippen molar-refractivity contribution in [1.82, 2.24) is 0 Å². The number of halogens is 1. The van der Waals surface area contributed by atoms with Gasteiger partial charge in [-0.3, -0.25) is 9.59 Å². The Bertz CT molecular complexity index is 1140. The van der Waals surface area contributed by atoms with Crippen LogP contribution in [0.3, 0.4) is 0 Å². The van der Waals surface area contributed by atoms with Crippen LogP contribution in [0.1, 0.15) is 11.1 Å². The molecule has 4 rings (SSSR count). The van der Waals surface area contributed by atoms with E-state index in [-0.39, 0.29) is 5.75 Å². The Kier molecular flexibility index (Phi) is 5.79. The monoisotopic (exact) mass is 437 g/mol. The molecule has 2 amide bonds. The lowest BCUT2D eigenvalue weighted by atomic mass is 10.2. The van der Waals surface area contributed by atoms with E-state index in [1.54, 1.807) is 36.4 Å². The van der Waals surface area contributed by atoms with E-state index in [2.05, 4.69) is 0 Å². The molecule has 3 aromatic rings. The predicted octanol–water partition coefficient (Wildman–Crippen LogP) is 5.87. The number of aromatic hydroxyl groups is 1. The number of phenols is 1. The zero-order valence-corrected chi connectivity index (χ0v) is 17.2. The average Bonchev–Trinajstić information content (AvgIpc) is 3.01. The number of nitrogens with zero attached hydrogens (tertiary/aromatic N) is 1. The third kappa shape index (κ3) is 4.50. The molecule has 1 heterocycles. The normalized spacial score (nSPS) is 15.1. The molecule has 0 atom stereocenters. The van der Waals surface area contributed by atoms with E-state index >= 15 is 0 Å². The van der Waals surface area contributed by atoms with Crippen molar-refractivity contribution in [3.05, 3.63) is 93.9 Å². The summed E-state index contributed by atoms with van der Waals surface area (Å²) >= 11 is 6.75. The lowest BCUT2D eigenvalue weighted by Gasteiger charge is -2.12. The summed E-state index contributed by atoms with van der Waals surface area (Å²) in [4.78, 5) is 26.5. The molecule has 1 N–H and O–H groups in total. The van der Waals surface area contributed by atoms with Crippen LogP contribution in [0.4, 0.5) is 10.5 Å². The van der Waals surface area contributed by atoms with Gasteiger partial charge in [0.15, 0.2) is 0 Å². The van der Waals surface area contributed by atoms with Crippen molar-refractivity contribution < 1.29 is 19.4 Å². The topological polar surface area (TPSA) is 66.8 Å². The first-order valence-corrected chi connectivity index (χ1v) is 10.2. The molecule has 1 fully saturated rings. The van der Waals surface area contributed by atoms with Gasteiger partial charge in [0, 0.05) is 11.1 Å². The van der Waals surface area contributed by atoms with Gasteiger partial charge < -0.3 is 9.84 Å². The number of amides is 2. The summed E-state index contributed by atoms with van der Waals surface area (Å²) in [6.45, 7) is 0.384. The lowest BCUT2D eigenvalue weighted by molar-refractivity contribution is -0.113. The summed E-state index contributed by atoms with van der Waals surface area (Å²) in [7, 11) is 0. The fraction of sp³-hybridized carbons (Fsp3) is 0.0435. The van der Waals surface area contributed by atoms with Crippen LogP contribution >= 0.6 is 23.4 Å². The highest BCUT2D eigenvalue weighted by Crippen LogP contribution is 2.36. The van der Waals surface area contributed by atoms with Crippen molar-refractivity contribution in [2.45, 2.75) is 6.61 Å². The molecule has 0 spiro atoms. The Morgan fingerprint density at radius 2 is 1.77 bits per heavy atom. The number of benzene rings is 3. The van der Waals surface area contributed by atoms with Gasteiger partial charge >= 0.3 is 0 Å². The largest absolute Gasteiger partial charge is 0.508 e. The van der Waals surface area contributed by atoms with Crippen LogP contribution in [0.5, 0.6) is 11.5 Å². The third-order valence-corrected chi connectivity index (χ3v) is 5.48. The molecule has 0 bridgehead atoms. The second-order valence-corrected chi connectivity index (χ2v) is 7.95. The fourth-order valence-corrected chi connectivity index (χ4v) is 3.88. The van der Waals surface area contributed by atoms with Gasteiger partial charge in [0.1, 0.15) is 18.1 Å². The molecule has 1 saturated heterocycles. The van der Waals surface area contributed by atoms with Gasteiger partial charge in [-0.1, -0.05) is 41.9 Å². The van der Waals surface area contributed by atoms with Gasteiger partial charge in [0.2, 0.25) is 0 Å². The second-order valence-electron chi connectivity index (χ2n) is 6.52. The summed E-state index contributed by atoms with van der Waals surface area (Å²) in [5, 5.41) is 9.89. The van der Waals surface area contributed by atoms with Crippen LogP contribution in [-0.4, -0.2) is 16.3 Å². The van der Waals surface area contributed by atoms with Crippen molar-refractivity contribution in [3.63, 3.8) is 0 Å². The molecule has 0 aliphatic carbocycles. The van der Waals surface area contributed by atoms with Crippen molar-refractivity contribution in [2.24, 2.45) is 0 Å². The molecular weight excluding hydrogens is 422 g/mol. The van der Waals surface area contributed by atoms with E-state index in [0.717, 1.165) is 27.8 Å². The fourth-order valence-electron chi connectivity index (χ4n) is 2.92. The number of thioether (sulfide) groups is 1. The summed E-state index contributed by atoms with van der Waals surface area (Å²) in [6, 6.07) is 20.7. The van der Waals surface area contributed by atoms with E-state index in [0.29, 0.717) is 28.0 Å². The van der Waals surface area contributed by atoms with Crippen molar-refractivity contribution >= 4 is 46.3 Å². The standard InChI is InChI=1S/C23H16ClNO4S/c24-17-9-7-15(8-10-17)14-29-20-6-1-3-16(11-20)12-21-22(27)25(23(28)30-21)18-4-2-5-19(26)13-18/h1-13,26H,14H2/b21-12-. The third-order valence-electron chi connectivity index (χ3n) is 4.36. The number of rotatable bonds is 5. The van der Waals surface area contributed by atoms with Crippen LogP contribution in [0.25, 0.3) is 6.08 Å². The SMILES string of the molecule is O=C1S/C(=C\c2cccc(OCc3ccc(Cl)cc3)c2)C(=O)N1c1cccc(O)c1. The molecule has 1 aliphatic rings. The minimum Gasteiger partial charge on any atom is -0.508 e. The highest BCUT2D eigenvalue weighted by Gasteiger charge is 2.36. The summed E-state index contributed by atoms with van der Waals surface area (Å²) < 4.78 is 5.82. The van der Waals surface area contributed by atoms with E-state index in [1.165, 1.54) is 12.1 Å². The van der Waals surface area contributed by atoms with E-state index in [1.807, 2.05) is 30.3 Å². The molecule has 0 aromatic heterocycles. The molecule has 0 radical (unpaired) electrons. The van der Waals surface area contributed by atoms with Gasteiger partial charge in [-0.15, -0.1) is 0 Å². The maximum atomic E-state index is 12.7. The first-order valence-electron chi connectivity index (χ1n) is 9.04. The molecule has 30 heavy (non-hydrogen) atoms. The van der Waals surface area contributed by atoms with Gasteiger partial charge in [-0.2, -0.15) is 0 Å². The van der Waals surface area contributed by atoms with E-state index in [4.69, 9.17) is 16.3 Å². The minimum atomic E-state index is -0.428. The maximum absolute atomic E-state index is 12.7. The number of carbonyl (C=O) groups is 2. The van der Waals surface area contributed by atoms with Gasteiger partial charge in [-0.25, -0.2) is 4.90 Å². The Morgan fingerprint density at radius 3 is 2.53 bits per heavy atom. The van der Waals surface area contributed by atoms with Crippen LogP contribution < -0.4 is 9.64 Å². The molecular formula is C23H16ClNO4S. The Hall–Kier alpha value is -3.22. The lowest BCUT2D eigenvalue weighted by Crippen LogP contribution is -2.27. The van der Waals surface area contributed by atoms with Crippen molar-refractivity contribution in [2.75, 3.05) is 4.90 Å². The predicted molar refractivity (Wildman–Crippen MR) is 119 cm³/mol. The first-order chi connectivity index (χ1) is 14.5. The van der Waals surface area contributed by atoms with Crippen LogP contribution in [0.15, 0.2) is 77.7 Å². The number of anilines is 1. The Balaban J connectivity index is 1.50. The summed E-state index contributed by atoms with van der Waals surface area (Å²) in [5.41, 5.74) is 2.06. The summed E-state index contributed by atoms with van der Waals surface area (Å²) in [5.74, 6) is 0.204. The number of carbonyl (C=O) groups excluding carboxylic acids is 2. The quantitative estimate of drug-likeness (QED) is 0.506. The molecule has 1 aliphatic heterocycles. The number of phenolic OH excluding ortho intramolecular Hbond substituents is 1. The van der Waals surface area contributed by atoms with Crippen molar-refractivity contribution in [3.8, 4) is 11.5 Å². The molecule has 0 saturated carbocycles. The number of hydrogen-bond donors (Lipinski definition) is 1. The smallest absolute Gasteiger partial charge is 0.298 e. The van der Waals surface area contributed by atoms with Crippen LogP contribution in [0, 0.1) is 0 Å². The van der Waals surface area contributed by atoms with Gasteiger partial charge in [0.05, 0.1) is 10.6 Å². The van der Waals surface area contributed by atoms with E-state index < -0.39 is 11.1 Å². The Morgan fingerprint density at radius 1 is 1.00 bits per heavy atom. The number of ether oxygens (including phenoxy) is 1. The zero-order chi connectivity index (χ0) is 21.1. The highest BCUT2D eigenvalue weighted by molar-refractivity contribution is 8.19. The second kappa shape index (κ2) is 8.65. The van der Waals surface area contributed by atoms with Crippen LogP contribution in [-0.2, 0) is 11.4 Å². The molecule has 3 aromatic carbocycles. The molecule has 150 valence electrons.